The van der Waals surface area contributed by atoms with E-state index in [0.29, 0.717) is 0 Å². The minimum absolute atomic E-state index is 0.289. The number of rotatable bonds is 8. The average molecular weight is 327 g/mol. The van der Waals surface area contributed by atoms with Gasteiger partial charge in [-0.05, 0) is 27.7 Å². The monoisotopic (exact) mass is 327 g/mol. The smallest absolute Gasteiger partial charge is 0.331 e. The molecular formula is C15H21NO7. The van der Waals surface area contributed by atoms with Gasteiger partial charge in [0.1, 0.15) is 6.61 Å². The van der Waals surface area contributed by atoms with Crippen molar-refractivity contribution in [2.45, 2.75) is 33.7 Å². The molecule has 1 amide bonds. The SMILES string of the molecule is COC(=O)/C=C/C(=O)OCC(C)(C)C(=O)C(=O)N[C@@H](C)C(C)=O. The predicted molar refractivity (Wildman–Crippen MR) is 79.2 cm³/mol. The van der Waals surface area contributed by atoms with Gasteiger partial charge in [-0.25, -0.2) is 9.59 Å². The molecule has 0 spiro atoms. The highest BCUT2D eigenvalue weighted by molar-refractivity contribution is 6.38. The van der Waals surface area contributed by atoms with E-state index in [1.165, 1.54) is 27.7 Å². The fourth-order valence-electron chi connectivity index (χ4n) is 1.24. The Morgan fingerprint density at radius 3 is 2.09 bits per heavy atom. The van der Waals surface area contributed by atoms with E-state index >= 15 is 0 Å². The first-order chi connectivity index (χ1) is 10.5. The summed E-state index contributed by atoms with van der Waals surface area (Å²) in [6.07, 6.45) is 1.72. The van der Waals surface area contributed by atoms with Crippen LogP contribution < -0.4 is 5.32 Å². The topological polar surface area (TPSA) is 116 Å². The Balaban J connectivity index is 4.62. The molecule has 0 aromatic carbocycles. The van der Waals surface area contributed by atoms with Crippen LogP contribution in [0.25, 0.3) is 0 Å². The standard InChI is InChI=1S/C15H21NO7/c1-9(10(2)17)16-14(21)13(20)15(3,4)8-23-12(19)7-6-11(18)22-5/h6-7,9H,8H2,1-5H3,(H,16,21)/b7-6+/t9-/m0/s1. The summed E-state index contributed by atoms with van der Waals surface area (Å²) in [5, 5.41) is 2.27. The second-order valence-electron chi connectivity index (χ2n) is 5.48. The van der Waals surface area contributed by atoms with E-state index in [-0.39, 0.29) is 12.4 Å². The minimum Gasteiger partial charge on any atom is -0.466 e. The Morgan fingerprint density at radius 2 is 1.61 bits per heavy atom. The average Bonchev–Trinajstić information content (AvgIpc) is 2.49. The first kappa shape index (κ1) is 20.5. The van der Waals surface area contributed by atoms with Crippen LogP contribution in [0.3, 0.4) is 0 Å². The number of ketones is 2. The summed E-state index contributed by atoms with van der Waals surface area (Å²) in [5.41, 5.74) is -1.28. The lowest BCUT2D eigenvalue weighted by atomic mass is 9.88. The third-order valence-corrected chi connectivity index (χ3v) is 2.91. The molecule has 23 heavy (non-hydrogen) atoms. The van der Waals surface area contributed by atoms with E-state index in [9.17, 15) is 24.0 Å². The van der Waals surface area contributed by atoms with Crippen molar-refractivity contribution in [1.82, 2.24) is 5.32 Å². The fraction of sp³-hybridized carbons (Fsp3) is 0.533. The second-order valence-corrected chi connectivity index (χ2v) is 5.48. The van der Waals surface area contributed by atoms with Crippen molar-refractivity contribution >= 4 is 29.4 Å². The molecule has 0 saturated carbocycles. The van der Waals surface area contributed by atoms with Crippen LogP contribution in [-0.2, 0) is 33.4 Å². The van der Waals surface area contributed by atoms with Crippen molar-refractivity contribution in [3.05, 3.63) is 12.2 Å². The maximum absolute atomic E-state index is 12.0. The zero-order valence-corrected chi connectivity index (χ0v) is 13.8. The number of methoxy groups -OCH3 is 1. The lowest BCUT2D eigenvalue weighted by Gasteiger charge is -2.22. The third kappa shape index (κ3) is 7.35. The Kier molecular flexibility index (Phi) is 7.86. The summed E-state index contributed by atoms with van der Waals surface area (Å²) >= 11 is 0. The van der Waals surface area contributed by atoms with Gasteiger partial charge in [0.15, 0.2) is 5.78 Å². The van der Waals surface area contributed by atoms with Gasteiger partial charge < -0.3 is 14.8 Å². The lowest BCUT2D eigenvalue weighted by Crippen LogP contribution is -2.47. The number of amides is 1. The normalized spacial score (nSPS) is 12.4. The Hall–Kier alpha value is -2.51. The van der Waals surface area contributed by atoms with Crippen LogP contribution in [0.1, 0.15) is 27.7 Å². The van der Waals surface area contributed by atoms with Crippen molar-refractivity contribution < 1.29 is 33.4 Å². The summed E-state index contributed by atoms with van der Waals surface area (Å²) in [7, 11) is 1.15. The molecule has 0 fully saturated rings. The Bertz CT molecular complexity index is 534. The summed E-state index contributed by atoms with van der Waals surface area (Å²) in [6, 6.07) is -0.784. The first-order valence-electron chi connectivity index (χ1n) is 6.79. The van der Waals surface area contributed by atoms with Gasteiger partial charge in [0.25, 0.3) is 5.91 Å². The largest absolute Gasteiger partial charge is 0.466 e. The van der Waals surface area contributed by atoms with Gasteiger partial charge >= 0.3 is 11.9 Å². The molecule has 0 radical (unpaired) electrons. The summed E-state index contributed by atoms with van der Waals surface area (Å²) in [6.45, 7) is 5.22. The number of Topliss-reactive ketones (excluding diaryl/α,β-unsaturated/α-hetero) is 2. The molecule has 0 heterocycles. The molecular weight excluding hydrogens is 306 g/mol. The summed E-state index contributed by atoms with van der Waals surface area (Å²) in [4.78, 5) is 57.1. The second kappa shape index (κ2) is 8.82. The fourth-order valence-corrected chi connectivity index (χ4v) is 1.24. The summed E-state index contributed by atoms with van der Waals surface area (Å²) in [5.74, 6) is -3.62. The Morgan fingerprint density at radius 1 is 1.09 bits per heavy atom. The molecule has 0 aliphatic heterocycles. The van der Waals surface area contributed by atoms with Crippen molar-refractivity contribution in [2.75, 3.05) is 13.7 Å². The highest BCUT2D eigenvalue weighted by Gasteiger charge is 2.35. The quantitative estimate of drug-likeness (QED) is 0.377. The molecule has 0 aromatic heterocycles. The molecule has 0 aromatic rings. The summed E-state index contributed by atoms with van der Waals surface area (Å²) < 4.78 is 9.13. The minimum atomic E-state index is -1.28. The van der Waals surface area contributed by atoms with Gasteiger partial charge in [0.05, 0.1) is 18.6 Å². The van der Waals surface area contributed by atoms with E-state index in [0.717, 1.165) is 19.3 Å². The van der Waals surface area contributed by atoms with E-state index in [1.54, 1.807) is 0 Å². The molecule has 0 saturated heterocycles. The number of carbonyl (C=O) groups excluding carboxylic acids is 5. The van der Waals surface area contributed by atoms with Crippen LogP contribution in [-0.4, -0.2) is 49.2 Å². The highest BCUT2D eigenvalue weighted by Crippen LogP contribution is 2.17. The van der Waals surface area contributed by atoms with Gasteiger partial charge in [-0.2, -0.15) is 0 Å². The number of esters is 2. The zero-order chi connectivity index (χ0) is 18.2. The number of hydrogen-bond acceptors (Lipinski definition) is 7. The third-order valence-electron chi connectivity index (χ3n) is 2.91. The van der Waals surface area contributed by atoms with Crippen LogP contribution in [0.2, 0.25) is 0 Å². The highest BCUT2D eigenvalue weighted by atomic mass is 16.5. The van der Waals surface area contributed by atoms with Crippen LogP contribution in [0, 0.1) is 5.41 Å². The van der Waals surface area contributed by atoms with E-state index < -0.39 is 35.1 Å². The molecule has 1 N–H and O–H groups in total. The molecule has 0 unspecified atom stereocenters. The van der Waals surface area contributed by atoms with Crippen molar-refractivity contribution in [2.24, 2.45) is 5.41 Å². The molecule has 0 aliphatic carbocycles. The van der Waals surface area contributed by atoms with Crippen LogP contribution >= 0.6 is 0 Å². The Labute approximate surface area is 134 Å². The van der Waals surface area contributed by atoms with Crippen molar-refractivity contribution in [3.63, 3.8) is 0 Å². The molecule has 1 atom stereocenters. The molecule has 0 rings (SSSR count). The van der Waals surface area contributed by atoms with Gasteiger partial charge in [-0.3, -0.25) is 14.4 Å². The maximum Gasteiger partial charge on any atom is 0.331 e. The van der Waals surface area contributed by atoms with E-state index in [4.69, 9.17) is 4.74 Å². The lowest BCUT2D eigenvalue weighted by molar-refractivity contribution is -0.150. The number of nitrogens with one attached hydrogen (secondary N) is 1. The molecule has 128 valence electrons. The predicted octanol–water partition coefficient (Wildman–Crippen LogP) is -0.0522. The van der Waals surface area contributed by atoms with Gasteiger partial charge in [-0.1, -0.05) is 0 Å². The van der Waals surface area contributed by atoms with Gasteiger partial charge in [0, 0.05) is 12.2 Å². The molecule has 8 heteroatoms. The molecule has 0 bridgehead atoms. The maximum atomic E-state index is 12.0. The molecule has 8 nitrogen and oxygen atoms in total. The number of carbonyl (C=O) groups is 5. The van der Waals surface area contributed by atoms with Crippen LogP contribution in [0.4, 0.5) is 0 Å². The van der Waals surface area contributed by atoms with Crippen LogP contribution in [0.15, 0.2) is 12.2 Å². The van der Waals surface area contributed by atoms with Gasteiger partial charge in [-0.15, -0.1) is 0 Å². The van der Waals surface area contributed by atoms with Gasteiger partial charge in [0.2, 0.25) is 5.78 Å². The van der Waals surface area contributed by atoms with Crippen LogP contribution in [0.5, 0.6) is 0 Å². The van der Waals surface area contributed by atoms with E-state index in [1.807, 2.05) is 0 Å². The molecule has 0 aliphatic rings. The zero-order valence-electron chi connectivity index (χ0n) is 13.8. The van der Waals surface area contributed by atoms with Crippen molar-refractivity contribution in [3.8, 4) is 0 Å². The van der Waals surface area contributed by atoms with E-state index in [2.05, 4.69) is 10.1 Å². The number of hydrogen-bond donors (Lipinski definition) is 1. The number of ether oxygens (including phenoxy) is 2. The van der Waals surface area contributed by atoms with Crippen molar-refractivity contribution in [1.29, 1.82) is 0 Å². The first-order valence-corrected chi connectivity index (χ1v) is 6.79.